The quantitative estimate of drug-likeness (QED) is 0.913. The Balaban J connectivity index is 2.46. The maximum Gasteiger partial charge on any atom is 0.246 e. The molecular weight excluding hydrogens is 321 g/mol. The lowest BCUT2D eigenvalue weighted by Gasteiger charge is -2.22. The Morgan fingerprint density at radius 3 is 2.90 bits per heavy atom. The molecular formula is C13H17ClFNO4S. The number of ether oxygens (including phenoxy) is 1. The molecule has 0 amide bonds. The van der Waals surface area contributed by atoms with E-state index in [1.54, 1.807) is 6.92 Å². The molecule has 1 aliphatic rings. The zero-order chi connectivity index (χ0) is 15.6. The van der Waals surface area contributed by atoms with E-state index < -0.39 is 27.3 Å². The maximum atomic E-state index is 14.2. The van der Waals surface area contributed by atoms with Crippen LogP contribution < -0.4 is 0 Å². The maximum absolute atomic E-state index is 14.2. The summed E-state index contributed by atoms with van der Waals surface area (Å²) in [6.07, 6.45) is 0.278. The van der Waals surface area contributed by atoms with E-state index in [-0.39, 0.29) is 29.8 Å². The topological polar surface area (TPSA) is 66.8 Å². The number of benzene rings is 1. The summed E-state index contributed by atoms with van der Waals surface area (Å²) in [6.45, 7) is 2.03. The molecule has 0 bridgehead atoms. The van der Waals surface area contributed by atoms with Crippen molar-refractivity contribution >= 4 is 21.6 Å². The van der Waals surface area contributed by atoms with Crippen molar-refractivity contribution in [2.75, 3.05) is 19.7 Å². The lowest BCUT2D eigenvalue weighted by Crippen LogP contribution is -2.36. The average Bonchev–Trinajstić information content (AvgIpc) is 2.66. The van der Waals surface area contributed by atoms with Crippen molar-refractivity contribution in [3.63, 3.8) is 0 Å². The van der Waals surface area contributed by atoms with E-state index in [9.17, 15) is 12.8 Å². The number of nitrogens with zero attached hydrogens (tertiary/aromatic N) is 1. The lowest BCUT2D eigenvalue weighted by atomic mass is 10.2. The van der Waals surface area contributed by atoms with Crippen molar-refractivity contribution in [3.05, 3.63) is 28.5 Å². The van der Waals surface area contributed by atoms with Crippen molar-refractivity contribution in [3.8, 4) is 0 Å². The predicted octanol–water partition coefficient (Wildman–Crippen LogP) is 1.77. The summed E-state index contributed by atoms with van der Waals surface area (Å²) in [6, 6.07) is 2.28. The van der Waals surface area contributed by atoms with Gasteiger partial charge in [-0.3, -0.25) is 0 Å². The molecule has 0 saturated carbocycles. The van der Waals surface area contributed by atoms with Crippen LogP contribution in [-0.4, -0.2) is 43.6 Å². The zero-order valence-electron chi connectivity index (χ0n) is 11.6. The standard InChI is InChI=1S/C13H17ClFNO4S/c1-9-7-16(3-2-4-20-9)21(18,19)12-6-11(14)5-10(8-17)13(12)15/h5-6,9,17H,2-4,7-8H2,1H3. The highest BCUT2D eigenvalue weighted by molar-refractivity contribution is 7.89. The van der Waals surface area contributed by atoms with Gasteiger partial charge >= 0.3 is 0 Å². The van der Waals surface area contributed by atoms with Gasteiger partial charge in [0.1, 0.15) is 10.7 Å². The van der Waals surface area contributed by atoms with E-state index in [1.807, 2.05) is 0 Å². The minimum absolute atomic E-state index is 0.0677. The molecule has 0 aliphatic carbocycles. The molecule has 118 valence electrons. The van der Waals surface area contributed by atoms with Gasteiger partial charge in [0.05, 0.1) is 12.7 Å². The second-order valence-corrected chi connectivity index (χ2v) is 7.28. The van der Waals surface area contributed by atoms with Crippen LogP contribution in [-0.2, 0) is 21.4 Å². The van der Waals surface area contributed by atoms with E-state index >= 15 is 0 Å². The molecule has 1 fully saturated rings. The number of halogens is 2. The Labute approximate surface area is 128 Å². The molecule has 1 aliphatic heterocycles. The second-order valence-electron chi connectivity index (χ2n) is 4.93. The summed E-state index contributed by atoms with van der Waals surface area (Å²) < 4.78 is 46.1. The molecule has 8 heteroatoms. The second kappa shape index (κ2) is 6.58. The number of rotatable bonds is 3. The van der Waals surface area contributed by atoms with Gasteiger partial charge in [0.15, 0.2) is 0 Å². The Kier molecular flexibility index (Phi) is 5.21. The molecule has 0 spiro atoms. The number of aliphatic hydroxyl groups excluding tert-OH is 1. The van der Waals surface area contributed by atoms with Crippen LogP contribution in [0, 0.1) is 5.82 Å². The van der Waals surface area contributed by atoms with Crippen LogP contribution in [0.25, 0.3) is 0 Å². The summed E-state index contributed by atoms with van der Waals surface area (Å²) in [4.78, 5) is -0.506. The summed E-state index contributed by atoms with van der Waals surface area (Å²) in [5, 5.41) is 9.17. The van der Waals surface area contributed by atoms with Gasteiger partial charge < -0.3 is 9.84 Å². The molecule has 1 saturated heterocycles. The Morgan fingerprint density at radius 2 is 2.24 bits per heavy atom. The highest BCUT2D eigenvalue weighted by Crippen LogP contribution is 2.27. The summed E-state index contributed by atoms with van der Waals surface area (Å²) in [5.74, 6) is -0.959. The van der Waals surface area contributed by atoms with Crippen LogP contribution >= 0.6 is 11.6 Å². The lowest BCUT2D eigenvalue weighted by molar-refractivity contribution is 0.0751. The van der Waals surface area contributed by atoms with Crippen molar-refractivity contribution in [1.29, 1.82) is 0 Å². The molecule has 1 aromatic carbocycles. The van der Waals surface area contributed by atoms with Crippen LogP contribution in [0.15, 0.2) is 17.0 Å². The Bertz CT molecular complexity index is 623. The van der Waals surface area contributed by atoms with Gasteiger partial charge in [-0.25, -0.2) is 12.8 Å². The average molecular weight is 338 g/mol. The molecule has 1 aromatic rings. The summed E-state index contributed by atoms with van der Waals surface area (Å²) in [5.41, 5.74) is -0.139. The van der Waals surface area contributed by atoms with E-state index in [0.717, 1.165) is 6.07 Å². The summed E-state index contributed by atoms with van der Waals surface area (Å²) >= 11 is 5.82. The fourth-order valence-electron chi connectivity index (χ4n) is 2.23. The molecule has 1 N–H and O–H groups in total. The Morgan fingerprint density at radius 1 is 1.52 bits per heavy atom. The normalized spacial score (nSPS) is 21.2. The van der Waals surface area contributed by atoms with Gasteiger partial charge in [-0.1, -0.05) is 11.6 Å². The van der Waals surface area contributed by atoms with E-state index in [1.165, 1.54) is 10.4 Å². The van der Waals surface area contributed by atoms with Crippen LogP contribution in [0.2, 0.25) is 5.02 Å². The molecule has 0 radical (unpaired) electrons. The molecule has 21 heavy (non-hydrogen) atoms. The SMILES string of the molecule is CC1CN(S(=O)(=O)c2cc(Cl)cc(CO)c2F)CCCO1. The monoisotopic (exact) mass is 337 g/mol. The molecule has 5 nitrogen and oxygen atoms in total. The fraction of sp³-hybridized carbons (Fsp3) is 0.538. The molecule has 0 aromatic heterocycles. The number of sulfonamides is 1. The highest BCUT2D eigenvalue weighted by atomic mass is 35.5. The smallest absolute Gasteiger partial charge is 0.246 e. The first-order valence-corrected chi connectivity index (χ1v) is 8.38. The number of aliphatic hydroxyl groups is 1. The largest absolute Gasteiger partial charge is 0.392 e. The number of hydrogen-bond acceptors (Lipinski definition) is 4. The molecule has 1 heterocycles. The van der Waals surface area contributed by atoms with Gasteiger partial charge in [-0.2, -0.15) is 4.31 Å². The predicted molar refractivity (Wildman–Crippen MR) is 76.1 cm³/mol. The Hall–Kier alpha value is -0.730. The number of hydrogen-bond donors (Lipinski definition) is 1. The van der Waals surface area contributed by atoms with Crippen molar-refractivity contribution in [2.24, 2.45) is 0 Å². The van der Waals surface area contributed by atoms with Crippen molar-refractivity contribution in [1.82, 2.24) is 4.31 Å². The van der Waals surface area contributed by atoms with Gasteiger partial charge in [0, 0.05) is 30.3 Å². The van der Waals surface area contributed by atoms with Crippen LogP contribution in [0.1, 0.15) is 18.9 Å². The van der Waals surface area contributed by atoms with Gasteiger partial charge in [0.25, 0.3) is 0 Å². The van der Waals surface area contributed by atoms with Gasteiger partial charge in [-0.15, -0.1) is 0 Å². The fourth-order valence-corrected chi connectivity index (χ4v) is 4.23. The van der Waals surface area contributed by atoms with E-state index in [2.05, 4.69) is 0 Å². The third-order valence-corrected chi connectivity index (χ3v) is 5.37. The highest BCUT2D eigenvalue weighted by Gasteiger charge is 2.31. The van der Waals surface area contributed by atoms with E-state index in [0.29, 0.717) is 13.0 Å². The summed E-state index contributed by atoms with van der Waals surface area (Å²) in [7, 11) is -4.02. The van der Waals surface area contributed by atoms with E-state index in [4.69, 9.17) is 21.4 Å². The van der Waals surface area contributed by atoms with Crippen molar-refractivity contribution < 1.29 is 22.7 Å². The molecule has 1 unspecified atom stereocenters. The first-order chi connectivity index (χ1) is 9.86. The van der Waals surface area contributed by atoms with Gasteiger partial charge in [0.2, 0.25) is 10.0 Å². The first-order valence-electron chi connectivity index (χ1n) is 6.56. The molecule has 1 atom stereocenters. The third-order valence-electron chi connectivity index (χ3n) is 3.28. The minimum atomic E-state index is -4.02. The van der Waals surface area contributed by atoms with Crippen LogP contribution in [0.4, 0.5) is 4.39 Å². The van der Waals surface area contributed by atoms with Gasteiger partial charge in [-0.05, 0) is 25.5 Å². The third kappa shape index (κ3) is 3.54. The first kappa shape index (κ1) is 16.6. The van der Waals surface area contributed by atoms with Crippen molar-refractivity contribution in [2.45, 2.75) is 31.0 Å². The zero-order valence-corrected chi connectivity index (χ0v) is 13.1. The minimum Gasteiger partial charge on any atom is -0.392 e. The van der Waals surface area contributed by atoms with Crippen LogP contribution in [0.5, 0.6) is 0 Å². The van der Waals surface area contributed by atoms with Crippen LogP contribution in [0.3, 0.4) is 0 Å². The molecule has 2 rings (SSSR count).